The Kier molecular flexibility index (Phi) is 5.04. The Morgan fingerprint density at radius 2 is 2.00 bits per heavy atom. The number of benzene rings is 1. The van der Waals surface area contributed by atoms with E-state index < -0.39 is 0 Å². The molecular formula is C16H17N5O. The lowest BCUT2D eigenvalue weighted by Crippen LogP contribution is -2.31. The number of amides is 1. The topological polar surface area (TPSA) is 81.9 Å². The van der Waals surface area contributed by atoms with Crippen molar-refractivity contribution in [3.05, 3.63) is 47.9 Å². The molecule has 0 atom stereocenters. The number of nitrogens with one attached hydrogen (secondary N) is 1. The molecule has 0 aliphatic heterocycles. The van der Waals surface area contributed by atoms with Gasteiger partial charge in [-0.05, 0) is 26.0 Å². The number of anilines is 2. The highest BCUT2D eigenvalue weighted by molar-refractivity contribution is 5.93. The average molecular weight is 295 g/mol. The molecule has 6 heteroatoms. The molecule has 1 heterocycles. The van der Waals surface area contributed by atoms with Gasteiger partial charge in [-0.2, -0.15) is 5.26 Å². The fraction of sp³-hybridized carbons (Fsp3) is 0.250. The van der Waals surface area contributed by atoms with Gasteiger partial charge in [0.05, 0.1) is 11.3 Å². The molecule has 0 saturated heterocycles. The van der Waals surface area contributed by atoms with Crippen LogP contribution >= 0.6 is 0 Å². The van der Waals surface area contributed by atoms with Gasteiger partial charge in [0, 0.05) is 19.2 Å². The predicted octanol–water partition coefficient (Wildman–Crippen LogP) is 2.57. The van der Waals surface area contributed by atoms with E-state index in [4.69, 9.17) is 5.26 Å². The molecule has 6 nitrogen and oxygen atoms in total. The van der Waals surface area contributed by atoms with Gasteiger partial charge in [-0.15, -0.1) is 0 Å². The number of aromatic nitrogens is 2. The Hall–Kier alpha value is -2.94. The molecule has 22 heavy (non-hydrogen) atoms. The highest BCUT2D eigenvalue weighted by Crippen LogP contribution is 2.19. The molecule has 0 saturated carbocycles. The van der Waals surface area contributed by atoms with E-state index in [1.165, 1.54) is 6.33 Å². The van der Waals surface area contributed by atoms with E-state index in [2.05, 4.69) is 21.4 Å². The molecule has 0 radical (unpaired) electrons. The van der Waals surface area contributed by atoms with Crippen LogP contribution in [0.4, 0.5) is 11.5 Å². The second kappa shape index (κ2) is 7.18. The highest BCUT2D eigenvalue weighted by Gasteiger charge is 2.15. The molecule has 2 rings (SSSR count). The normalized spacial score (nSPS) is 9.86. The van der Waals surface area contributed by atoms with E-state index in [1.54, 1.807) is 29.2 Å². The first-order valence-electron chi connectivity index (χ1n) is 7.07. The Balaban J connectivity index is 2.26. The maximum atomic E-state index is 12.3. The summed E-state index contributed by atoms with van der Waals surface area (Å²) in [5, 5.41) is 12.1. The van der Waals surface area contributed by atoms with Crippen LogP contribution in [0.15, 0.2) is 36.7 Å². The third kappa shape index (κ3) is 3.38. The van der Waals surface area contributed by atoms with Crippen LogP contribution in [0, 0.1) is 11.3 Å². The molecular weight excluding hydrogens is 278 g/mol. The molecule has 1 aromatic heterocycles. The van der Waals surface area contributed by atoms with Gasteiger partial charge in [0.25, 0.3) is 5.91 Å². The highest BCUT2D eigenvalue weighted by atomic mass is 16.2. The van der Waals surface area contributed by atoms with Gasteiger partial charge in [0.15, 0.2) is 0 Å². The zero-order valence-electron chi connectivity index (χ0n) is 12.6. The van der Waals surface area contributed by atoms with Gasteiger partial charge >= 0.3 is 0 Å². The van der Waals surface area contributed by atoms with Crippen LogP contribution in [-0.4, -0.2) is 33.9 Å². The molecule has 0 aliphatic carbocycles. The second-order valence-electron chi connectivity index (χ2n) is 4.55. The number of hydrogen-bond acceptors (Lipinski definition) is 5. The lowest BCUT2D eigenvalue weighted by atomic mass is 10.2. The van der Waals surface area contributed by atoms with Gasteiger partial charge in [0.1, 0.15) is 23.9 Å². The summed E-state index contributed by atoms with van der Waals surface area (Å²) in [6, 6.07) is 10.8. The number of rotatable bonds is 5. The molecule has 0 fully saturated rings. The van der Waals surface area contributed by atoms with Gasteiger partial charge in [0.2, 0.25) is 0 Å². The third-order valence-electron chi connectivity index (χ3n) is 3.25. The van der Waals surface area contributed by atoms with Crippen molar-refractivity contribution in [1.82, 2.24) is 14.9 Å². The summed E-state index contributed by atoms with van der Waals surface area (Å²) in [5.41, 5.74) is 1.48. The number of hydrogen-bond donors (Lipinski definition) is 1. The van der Waals surface area contributed by atoms with Crippen LogP contribution in [0.5, 0.6) is 0 Å². The van der Waals surface area contributed by atoms with Crippen molar-refractivity contribution in [2.24, 2.45) is 0 Å². The molecule has 0 spiro atoms. The van der Waals surface area contributed by atoms with Gasteiger partial charge in [-0.1, -0.05) is 12.1 Å². The van der Waals surface area contributed by atoms with Crippen LogP contribution in [-0.2, 0) is 0 Å². The van der Waals surface area contributed by atoms with Crippen LogP contribution in [0.1, 0.15) is 29.9 Å². The zero-order valence-corrected chi connectivity index (χ0v) is 12.6. The van der Waals surface area contributed by atoms with Crippen molar-refractivity contribution in [3.63, 3.8) is 0 Å². The fourth-order valence-electron chi connectivity index (χ4n) is 2.04. The second-order valence-corrected chi connectivity index (χ2v) is 4.55. The average Bonchev–Trinajstić information content (AvgIpc) is 2.56. The summed E-state index contributed by atoms with van der Waals surface area (Å²) in [6.45, 7) is 5.09. The number of carbonyl (C=O) groups is 1. The minimum Gasteiger partial charge on any atom is -0.339 e. The molecule has 0 unspecified atom stereocenters. The van der Waals surface area contributed by atoms with E-state index in [9.17, 15) is 4.79 Å². The summed E-state index contributed by atoms with van der Waals surface area (Å²) in [4.78, 5) is 22.1. The van der Waals surface area contributed by atoms with Crippen molar-refractivity contribution >= 4 is 17.4 Å². The smallest absolute Gasteiger partial charge is 0.272 e. The first-order valence-corrected chi connectivity index (χ1v) is 7.07. The van der Waals surface area contributed by atoms with Crippen LogP contribution in [0.2, 0.25) is 0 Å². The first kappa shape index (κ1) is 15.4. The zero-order chi connectivity index (χ0) is 15.9. The van der Waals surface area contributed by atoms with Gasteiger partial charge in [-0.25, -0.2) is 9.97 Å². The maximum Gasteiger partial charge on any atom is 0.272 e. The predicted molar refractivity (Wildman–Crippen MR) is 83.7 cm³/mol. The summed E-state index contributed by atoms with van der Waals surface area (Å²) in [6.07, 6.45) is 1.34. The fourth-order valence-corrected chi connectivity index (χ4v) is 2.04. The third-order valence-corrected chi connectivity index (χ3v) is 3.25. The number of nitriles is 1. The standard InChI is InChI=1S/C16H17N5O/c1-3-21(4-2)16(22)14-9-15(19-11-18-14)20-13-8-6-5-7-12(13)10-17/h5-9,11H,3-4H2,1-2H3,(H,18,19,20). The number of nitrogens with zero attached hydrogens (tertiary/aromatic N) is 4. The van der Waals surface area contributed by atoms with Crippen molar-refractivity contribution in [1.29, 1.82) is 5.26 Å². The van der Waals surface area contributed by atoms with E-state index in [0.29, 0.717) is 35.9 Å². The lowest BCUT2D eigenvalue weighted by molar-refractivity contribution is 0.0767. The summed E-state index contributed by atoms with van der Waals surface area (Å²) in [5.74, 6) is 0.345. The van der Waals surface area contributed by atoms with Gasteiger partial charge < -0.3 is 10.2 Å². The Labute approximate surface area is 129 Å². The van der Waals surface area contributed by atoms with E-state index in [1.807, 2.05) is 19.9 Å². The molecule has 0 bridgehead atoms. The Morgan fingerprint density at radius 3 is 2.68 bits per heavy atom. The molecule has 2 aromatic rings. The van der Waals surface area contributed by atoms with Crippen LogP contribution in [0.25, 0.3) is 0 Å². The molecule has 112 valence electrons. The quantitative estimate of drug-likeness (QED) is 0.916. The van der Waals surface area contributed by atoms with Crippen LogP contribution in [0.3, 0.4) is 0 Å². The minimum absolute atomic E-state index is 0.135. The van der Waals surface area contributed by atoms with Crippen molar-refractivity contribution in [2.45, 2.75) is 13.8 Å². The van der Waals surface area contributed by atoms with E-state index in [0.717, 1.165) is 0 Å². The Bertz CT molecular complexity index is 704. The van der Waals surface area contributed by atoms with E-state index in [-0.39, 0.29) is 5.91 Å². The van der Waals surface area contributed by atoms with Crippen LogP contribution < -0.4 is 5.32 Å². The SMILES string of the molecule is CCN(CC)C(=O)c1cc(Nc2ccccc2C#N)ncn1. The Morgan fingerprint density at radius 1 is 1.27 bits per heavy atom. The lowest BCUT2D eigenvalue weighted by Gasteiger charge is -2.18. The monoisotopic (exact) mass is 295 g/mol. The number of carbonyl (C=O) groups excluding carboxylic acids is 1. The molecule has 1 amide bonds. The van der Waals surface area contributed by atoms with E-state index >= 15 is 0 Å². The molecule has 0 aliphatic rings. The summed E-state index contributed by atoms with van der Waals surface area (Å²) in [7, 11) is 0. The largest absolute Gasteiger partial charge is 0.339 e. The minimum atomic E-state index is -0.135. The van der Waals surface area contributed by atoms with Crippen molar-refractivity contribution in [2.75, 3.05) is 18.4 Å². The first-order chi connectivity index (χ1) is 10.7. The van der Waals surface area contributed by atoms with Gasteiger partial charge in [-0.3, -0.25) is 4.79 Å². The molecule has 1 aromatic carbocycles. The van der Waals surface area contributed by atoms with Crippen molar-refractivity contribution in [3.8, 4) is 6.07 Å². The summed E-state index contributed by atoms with van der Waals surface area (Å²) >= 11 is 0. The maximum absolute atomic E-state index is 12.3. The van der Waals surface area contributed by atoms with Crippen molar-refractivity contribution < 1.29 is 4.79 Å². The summed E-state index contributed by atoms with van der Waals surface area (Å²) < 4.78 is 0. The number of para-hydroxylation sites is 1. The molecule has 1 N–H and O–H groups in total.